The van der Waals surface area contributed by atoms with Gasteiger partial charge < -0.3 is 5.32 Å². The quantitative estimate of drug-likeness (QED) is 0.755. The van der Waals surface area contributed by atoms with Crippen LogP contribution >= 0.6 is 0 Å². The lowest BCUT2D eigenvalue weighted by molar-refractivity contribution is 0.551. The molecule has 20 heavy (non-hydrogen) atoms. The van der Waals surface area contributed by atoms with Gasteiger partial charge in [0.1, 0.15) is 9.84 Å². The normalized spacial score (nSPS) is 12.2. The molecule has 0 fully saturated rings. The van der Waals surface area contributed by atoms with Gasteiger partial charge in [-0.1, -0.05) is 20.8 Å². The molecule has 1 N–H and O–H groups in total. The van der Waals surface area contributed by atoms with Crippen molar-refractivity contribution in [2.75, 3.05) is 18.1 Å². The van der Waals surface area contributed by atoms with E-state index < -0.39 is 9.84 Å². The first-order valence-electron chi connectivity index (χ1n) is 7.28. The Morgan fingerprint density at radius 3 is 2.70 bits per heavy atom. The molecule has 1 rings (SSSR count). The summed E-state index contributed by atoms with van der Waals surface area (Å²) in [5, 5.41) is 7.83. The van der Waals surface area contributed by atoms with Gasteiger partial charge in [0, 0.05) is 30.6 Å². The summed E-state index contributed by atoms with van der Waals surface area (Å²) >= 11 is 0. The molecule has 1 aromatic rings. The number of rotatable bonds is 9. The Hall–Kier alpha value is -0.880. The largest absolute Gasteiger partial charge is 0.312 e. The summed E-state index contributed by atoms with van der Waals surface area (Å²) in [4.78, 5) is 0. The summed E-state index contributed by atoms with van der Waals surface area (Å²) in [6.07, 6.45) is 2.64. The molecule has 0 atom stereocenters. The molecule has 116 valence electrons. The topological polar surface area (TPSA) is 64.0 Å². The smallest absolute Gasteiger partial charge is 0.150 e. The number of aryl methyl sites for hydroxylation is 2. The van der Waals surface area contributed by atoms with E-state index in [9.17, 15) is 8.42 Å². The van der Waals surface area contributed by atoms with Crippen molar-refractivity contribution in [2.45, 2.75) is 47.2 Å². The van der Waals surface area contributed by atoms with Gasteiger partial charge in [-0.15, -0.1) is 0 Å². The molecule has 0 aliphatic carbocycles. The molecular formula is C14H27N3O2S. The molecule has 0 bridgehead atoms. The molecule has 0 radical (unpaired) electrons. The average molecular weight is 301 g/mol. The first-order chi connectivity index (χ1) is 9.34. The van der Waals surface area contributed by atoms with Crippen molar-refractivity contribution in [3.63, 3.8) is 0 Å². The fourth-order valence-corrected chi connectivity index (χ4v) is 2.79. The van der Waals surface area contributed by atoms with Crippen LogP contribution in [0.25, 0.3) is 0 Å². The predicted octanol–water partition coefficient (Wildman–Crippen LogP) is 1.76. The van der Waals surface area contributed by atoms with Gasteiger partial charge >= 0.3 is 0 Å². The highest BCUT2D eigenvalue weighted by Gasteiger charge is 2.08. The molecule has 0 saturated heterocycles. The summed E-state index contributed by atoms with van der Waals surface area (Å²) < 4.78 is 24.7. The highest BCUT2D eigenvalue weighted by atomic mass is 32.2. The third-order valence-electron chi connectivity index (χ3n) is 3.20. The lowest BCUT2D eigenvalue weighted by Gasteiger charge is -2.06. The van der Waals surface area contributed by atoms with E-state index in [1.54, 1.807) is 6.92 Å². The van der Waals surface area contributed by atoms with Crippen LogP contribution in [0.15, 0.2) is 6.20 Å². The van der Waals surface area contributed by atoms with Crippen LogP contribution in [0.3, 0.4) is 0 Å². The molecule has 0 aliphatic rings. The molecule has 0 spiro atoms. The Morgan fingerprint density at radius 1 is 1.40 bits per heavy atom. The number of sulfone groups is 1. The van der Waals surface area contributed by atoms with Gasteiger partial charge in [-0.3, -0.25) is 4.68 Å². The Morgan fingerprint density at radius 2 is 2.10 bits per heavy atom. The van der Waals surface area contributed by atoms with Crippen molar-refractivity contribution in [3.8, 4) is 0 Å². The molecule has 0 aliphatic heterocycles. The standard InChI is InChI=1S/C14H27N3O2S/c1-5-20(18,19)8-6-7-17-11-14(13(4)16-17)10-15-9-12(2)3/h11-12,15H,5-10H2,1-4H3. The zero-order chi connectivity index (χ0) is 15.2. The molecule has 1 aromatic heterocycles. The first kappa shape index (κ1) is 17.2. The summed E-state index contributed by atoms with van der Waals surface area (Å²) in [6, 6.07) is 0. The lowest BCUT2D eigenvalue weighted by Crippen LogP contribution is -2.19. The van der Waals surface area contributed by atoms with E-state index in [1.165, 1.54) is 5.56 Å². The van der Waals surface area contributed by atoms with Crippen molar-refractivity contribution in [1.29, 1.82) is 0 Å². The van der Waals surface area contributed by atoms with Gasteiger partial charge in [-0.05, 0) is 25.8 Å². The minimum absolute atomic E-state index is 0.218. The zero-order valence-electron chi connectivity index (χ0n) is 13.0. The third kappa shape index (κ3) is 6.05. The number of hydrogen-bond acceptors (Lipinski definition) is 4. The van der Waals surface area contributed by atoms with Gasteiger partial charge in [-0.2, -0.15) is 5.10 Å². The molecule has 1 heterocycles. The van der Waals surface area contributed by atoms with Crippen LogP contribution in [0.1, 0.15) is 38.4 Å². The summed E-state index contributed by atoms with van der Waals surface area (Å²) in [7, 11) is -2.87. The van der Waals surface area contributed by atoms with Crippen LogP contribution < -0.4 is 5.32 Å². The van der Waals surface area contributed by atoms with E-state index in [4.69, 9.17) is 0 Å². The van der Waals surface area contributed by atoms with Gasteiger partial charge in [0.05, 0.1) is 11.4 Å². The van der Waals surface area contributed by atoms with Crippen LogP contribution in [0, 0.1) is 12.8 Å². The highest BCUT2D eigenvalue weighted by molar-refractivity contribution is 7.91. The maximum atomic E-state index is 11.4. The Bertz CT molecular complexity index is 506. The maximum absolute atomic E-state index is 11.4. The van der Waals surface area contributed by atoms with E-state index in [0.717, 1.165) is 18.8 Å². The molecule has 6 heteroatoms. The van der Waals surface area contributed by atoms with Crippen LogP contribution in [-0.2, 0) is 22.9 Å². The fraction of sp³-hybridized carbons (Fsp3) is 0.786. The van der Waals surface area contributed by atoms with Gasteiger partial charge in [0.2, 0.25) is 0 Å². The second-order valence-corrected chi connectivity index (χ2v) is 8.09. The van der Waals surface area contributed by atoms with Gasteiger partial charge in [0.25, 0.3) is 0 Å². The van der Waals surface area contributed by atoms with Crippen LogP contribution in [0.4, 0.5) is 0 Å². The van der Waals surface area contributed by atoms with E-state index in [0.29, 0.717) is 18.9 Å². The molecular weight excluding hydrogens is 274 g/mol. The van der Waals surface area contributed by atoms with E-state index in [1.807, 2.05) is 17.8 Å². The number of hydrogen-bond donors (Lipinski definition) is 1. The minimum Gasteiger partial charge on any atom is -0.312 e. The van der Waals surface area contributed by atoms with Crippen molar-refractivity contribution in [1.82, 2.24) is 15.1 Å². The lowest BCUT2D eigenvalue weighted by atomic mass is 10.2. The number of nitrogens with one attached hydrogen (secondary N) is 1. The van der Waals surface area contributed by atoms with E-state index >= 15 is 0 Å². The summed E-state index contributed by atoms with van der Waals surface area (Å²) in [5.74, 6) is 1.09. The second kappa shape index (κ2) is 7.78. The predicted molar refractivity (Wildman–Crippen MR) is 82.5 cm³/mol. The summed E-state index contributed by atoms with van der Waals surface area (Å²) in [6.45, 7) is 10.5. The van der Waals surface area contributed by atoms with Gasteiger partial charge in [-0.25, -0.2) is 8.42 Å². The van der Waals surface area contributed by atoms with E-state index in [2.05, 4.69) is 24.3 Å². The molecule has 0 amide bonds. The van der Waals surface area contributed by atoms with Crippen molar-refractivity contribution in [3.05, 3.63) is 17.5 Å². The Labute approximate surface area is 122 Å². The van der Waals surface area contributed by atoms with Crippen LogP contribution in [-0.4, -0.2) is 36.2 Å². The minimum atomic E-state index is -2.87. The van der Waals surface area contributed by atoms with E-state index in [-0.39, 0.29) is 11.5 Å². The van der Waals surface area contributed by atoms with Crippen LogP contribution in [0.2, 0.25) is 0 Å². The van der Waals surface area contributed by atoms with Gasteiger partial charge in [0.15, 0.2) is 0 Å². The Balaban J connectivity index is 2.45. The molecule has 0 unspecified atom stereocenters. The SMILES string of the molecule is CCS(=O)(=O)CCCn1cc(CNCC(C)C)c(C)n1. The Kier molecular flexibility index (Phi) is 6.68. The zero-order valence-corrected chi connectivity index (χ0v) is 13.8. The summed E-state index contributed by atoms with van der Waals surface area (Å²) in [5.41, 5.74) is 2.20. The van der Waals surface area contributed by atoms with Crippen LogP contribution in [0.5, 0.6) is 0 Å². The molecule has 0 saturated carbocycles. The van der Waals surface area contributed by atoms with Crippen molar-refractivity contribution >= 4 is 9.84 Å². The number of aromatic nitrogens is 2. The fourth-order valence-electron chi connectivity index (χ4n) is 1.93. The van der Waals surface area contributed by atoms with Crippen molar-refractivity contribution < 1.29 is 8.42 Å². The monoisotopic (exact) mass is 301 g/mol. The second-order valence-electron chi connectivity index (χ2n) is 5.62. The maximum Gasteiger partial charge on any atom is 0.150 e. The number of nitrogens with zero attached hydrogens (tertiary/aromatic N) is 2. The molecule has 0 aromatic carbocycles. The average Bonchev–Trinajstić information content (AvgIpc) is 2.69. The van der Waals surface area contributed by atoms with Crippen molar-refractivity contribution in [2.24, 2.45) is 5.92 Å². The third-order valence-corrected chi connectivity index (χ3v) is 4.99. The molecule has 5 nitrogen and oxygen atoms in total. The highest BCUT2D eigenvalue weighted by Crippen LogP contribution is 2.07. The first-order valence-corrected chi connectivity index (χ1v) is 9.10.